The van der Waals surface area contributed by atoms with Crippen LogP contribution in [0.15, 0.2) is 35.5 Å². The van der Waals surface area contributed by atoms with Crippen molar-refractivity contribution in [3.63, 3.8) is 0 Å². The first-order valence-corrected chi connectivity index (χ1v) is 8.17. The van der Waals surface area contributed by atoms with E-state index < -0.39 is 5.60 Å². The number of nitrogens with one attached hydrogen (secondary N) is 1. The van der Waals surface area contributed by atoms with Gasteiger partial charge in [-0.15, -0.1) is 0 Å². The molecule has 0 spiro atoms. The van der Waals surface area contributed by atoms with Crippen molar-refractivity contribution in [2.24, 2.45) is 4.99 Å². The zero-order valence-corrected chi connectivity index (χ0v) is 13.3. The molecule has 6 nitrogen and oxygen atoms in total. The number of aliphatic imine (C=N–C) groups is 1. The van der Waals surface area contributed by atoms with Gasteiger partial charge < -0.3 is 15.3 Å². The van der Waals surface area contributed by atoms with E-state index in [1.807, 2.05) is 4.90 Å². The highest BCUT2D eigenvalue weighted by molar-refractivity contribution is 5.66. The summed E-state index contributed by atoms with van der Waals surface area (Å²) in [5, 5.41) is 18.3. The molecular formula is C17H20FN5O. The highest BCUT2D eigenvalue weighted by Gasteiger charge is 2.32. The van der Waals surface area contributed by atoms with Crippen LogP contribution in [0.3, 0.4) is 0 Å². The molecule has 7 heteroatoms. The maximum atomic E-state index is 13.1. The molecule has 0 saturated carbocycles. The van der Waals surface area contributed by atoms with Gasteiger partial charge in [-0.2, -0.15) is 5.10 Å². The first kappa shape index (κ1) is 15.3. The predicted molar refractivity (Wildman–Crippen MR) is 89.1 cm³/mol. The molecule has 0 radical (unpaired) electrons. The summed E-state index contributed by atoms with van der Waals surface area (Å²) in [5.41, 5.74) is 1.11. The van der Waals surface area contributed by atoms with Crippen LogP contribution in [-0.4, -0.2) is 51.4 Å². The van der Waals surface area contributed by atoms with Crippen LogP contribution in [0, 0.1) is 5.82 Å². The van der Waals surface area contributed by atoms with Crippen molar-refractivity contribution in [1.29, 1.82) is 0 Å². The number of halogens is 1. The summed E-state index contributed by atoms with van der Waals surface area (Å²) in [6.45, 7) is 2.92. The number of aromatic nitrogens is 2. The zero-order chi connectivity index (χ0) is 16.6. The van der Waals surface area contributed by atoms with Gasteiger partial charge in [-0.1, -0.05) is 0 Å². The maximum absolute atomic E-state index is 13.1. The van der Waals surface area contributed by atoms with E-state index in [0.717, 1.165) is 43.0 Å². The minimum Gasteiger partial charge on any atom is -0.388 e. The lowest BCUT2D eigenvalue weighted by Gasteiger charge is -2.37. The predicted octanol–water partition coefficient (Wildman–Crippen LogP) is 1.60. The number of hydrogen-bond donors (Lipinski definition) is 2. The minimum atomic E-state index is -0.665. The lowest BCUT2D eigenvalue weighted by molar-refractivity contribution is -0.00748. The standard InChI is InChI=1S/C17H20FN5O/c18-14-1-3-15(4-2-14)23-16-13(9-21-23)10-22(12-20-16)11-17(24)5-7-19-8-6-17/h1-4,9,12,19,24H,5-8,10-11H2. The lowest BCUT2D eigenvalue weighted by Crippen LogP contribution is -2.49. The Kier molecular flexibility index (Phi) is 3.82. The maximum Gasteiger partial charge on any atom is 0.162 e. The van der Waals surface area contributed by atoms with Crippen molar-refractivity contribution in [3.05, 3.63) is 41.8 Å². The van der Waals surface area contributed by atoms with Crippen molar-refractivity contribution < 1.29 is 9.50 Å². The number of fused-ring (bicyclic) bond motifs is 1. The molecule has 0 aliphatic carbocycles. The molecule has 2 aliphatic heterocycles. The number of nitrogens with zero attached hydrogens (tertiary/aromatic N) is 4. The van der Waals surface area contributed by atoms with Crippen LogP contribution in [0.5, 0.6) is 0 Å². The Balaban J connectivity index is 1.52. The third-order valence-corrected chi connectivity index (χ3v) is 4.64. The first-order valence-electron chi connectivity index (χ1n) is 8.17. The summed E-state index contributed by atoms with van der Waals surface area (Å²) in [4.78, 5) is 6.54. The number of rotatable bonds is 3. The highest BCUT2D eigenvalue weighted by atomic mass is 19.1. The Bertz CT molecular complexity index is 749. The normalized spacial score (nSPS) is 19.3. The second-order valence-electron chi connectivity index (χ2n) is 6.51. The summed E-state index contributed by atoms with van der Waals surface area (Å²) < 4.78 is 14.8. The Morgan fingerprint density at radius 1 is 1.21 bits per heavy atom. The van der Waals surface area contributed by atoms with E-state index in [1.165, 1.54) is 12.1 Å². The van der Waals surface area contributed by atoms with E-state index in [1.54, 1.807) is 29.3 Å². The van der Waals surface area contributed by atoms with Gasteiger partial charge in [0.2, 0.25) is 0 Å². The van der Waals surface area contributed by atoms with E-state index in [2.05, 4.69) is 15.4 Å². The molecule has 0 amide bonds. The lowest BCUT2D eigenvalue weighted by atomic mass is 9.92. The van der Waals surface area contributed by atoms with Crippen molar-refractivity contribution in [2.75, 3.05) is 19.6 Å². The second-order valence-corrected chi connectivity index (χ2v) is 6.51. The average molecular weight is 329 g/mol. The van der Waals surface area contributed by atoms with Crippen LogP contribution < -0.4 is 5.32 Å². The molecule has 1 saturated heterocycles. The van der Waals surface area contributed by atoms with Crippen LogP contribution in [-0.2, 0) is 6.54 Å². The second kappa shape index (κ2) is 5.99. The molecule has 0 unspecified atom stereocenters. The van der Waals surface area contributed by atoms with Crippen molar-refractivity contribution in [2.45, 2.75) is 25.0 Å². The van der Waals surface area contributed by atoms with Gasteiger partial charge in [-0.25, -0.2) is 14.1 Å². The molecule has 4 rings (SSSR count). The van der Waals surface area contributed by atoms with Gasteiger partial charge in [-0.05, 0) is 50.2 Å². The Hall–Kier alpha value is -2.25. The molecule has 2 aromatic rings. The number of aliphatic hydroxyl groups is 1. The van der Waals surface area contributed by atoms with Crippen LogP contribution in [0.2, 0.25) is 0 Å². The van der Waals surface area contributed by atoms with E-state index in [4.69, 9.17) is 0 Å². The molecular weight excluding hydrogens is 309 g/mol. The minimum absolute atomic E-state index is 0.273. The number of β-amino-alcohol motifs (C(OH)–C–C–N with tert-alkyl or cyclic N) is 1. The molecule has 24 heavy (non-hydrogen) atoms. The monoisotopic (exact) mass is 329 g/mol. The fourth-order valence-corrected chi connectivity index (χ4v) is 3.32. The Morgan fingerprint density at radius 2 is 1.96 bits per heavy atom. The average Bonchev–Trinajstić information content (AvgIpc) is 2.99. The van der Waals surface area contributed by atoms with Gasteiger partial charge in [0.05, 0.1) is 23.8 Å². The van der Waals surface area contributed by atoms with Crippen LogP contribution >= 0.6 is 0 Å². The summed E-state index contributed by atoms with van der Waals surface area (Å²) in [5.74, 6) is 0.486. The number of piperidine rings is 1. The number of benzene rings is 1. The largest absolute Gasteiger partial charge is 0.388 e. The molecule has 1 aromatic carbocycles. The van der Waals surface area contributed by atoms with Crippen molar-refractivity contribution in [3.8, 4) is 5.69 Å². The van der Waals surface area contributed by atoms with E-state index in [-0.39, 0.29) is 5.82 Å². The smallest absolute Gasteiger partial charge is 0.162 e. The van der Waals surface area contributed by atoms with Crippen LogP contribution in [0.4, 0.5) is 10.2 Å². The molecule has 2 N–H and O–H groups in total. The van der Waals surface area contributed by atoms with Crippen molar-refractivity contribution >= 4 is 12.2 Å². The van der Waals surface area contributed by atoms with Gasteiger partial charge in [0.25, 0.3) is 0 Å². The molecule has 1 aromatic heterocycles. The SMILES string of the molecule is OC1(CN2C=Nc3c(cnn3-c3ccc(F)cc3)C2)CCNCC1. The molecule has 2 aliphatic rings. The molecule has 3 heterocycles. The fraction of sp³-hybridized carbons (Fsp3) is 0.412. The molecule has 1 fully saturated rings. The zero-order valence-electron chi connectivity index (χ0n) is 13.3. The van der Waals surface area contributed by atoms with Gasteiger partial charge in [-0.3, -0.25) is 0 Å². The van der Waals surface area contributed by atoms with Gasteiger partial charge >= 0.3 is 0 Å². The Morgan fingerprint density at radius 3 is 2.71 bits per heavy atom. The van der Waals surface area contributed by atoms with Gasteiger partial charge in [0, 0.05) is 18.7 Å². The van der Waals surface area contributed by atoms with Crippen molar-refractivity contribution in [1.82, 2.24) is 20.0 Å². The summed E-state index contributed by atoms with van der Waals surface area (Å²) >= 11 is 0. The van der Waals surface area contributed by atoms with Crippen LogP contribution in [0.1, 0.15) is 18.4 Å². The number of hydrogen-bond acceptors (Lipinski definition) is 5. The summed E-state index contributed by atoms with van der Waals surface area (Å²) in [6.07, 6.45) is 5.05. The van der Waals surface area contributed by atoms with Gasteiger partial charge in [0.15, 0.2) is 5.82 Å². The first-order chi connectivity index (χ1) is 11.6. The molecule has 0 bridgehead atoms. The van der Waals surface area contributed by atoms with Crippen LogP contribution in [0.25, 0.3) is 5.69 Å². The Labute approximate surface area is 139 Å². The summed E-state index contributed by atoms with van der Waals surface area (Å²) in [7, 11) is 0. The van der Waals surface area contributed by atoms with Gasteiger partial charge in [0.1, 0.15) is 5.82 Å². The highest BCUT2D eigenvalue weighted by Crippen LogP contribution is 2.28. The summed E-state index contributed by atoms with van der Waals surface area (Å²) in [6, 6.07) is 6.19. The topological polar surface area (TPSA) is 65.7 Å². The third-order valence-electron chi connectivity index (χ3n) is 4.64. The fourth-order valence-electron chi connectivity index (χ4n) is 3.32. The molecule has 0 atom stereocenters. The van der Waals surface area contributed by atoms with E-state index in [0.29, 0.717) is 13.1 Å². The molecule has 126 valence electrons. The van der Waals surface area contributed by atoms with E-state index in [9.17, 15) is 9.50 Å². The quantitative estimate of drug-likeness (QED) is 0.898. The van der Waals surface area contributed by atoms with E-state index >= 15 is 0 Å². The third kappa shape index (κ3) is 2.92.